The van der Waals surface area contributed by atoms with Crippen molar-refractivity contribution in [1.29, 1.82) is 0 Å². The minimum absolute atomic E-state index is 0.608. The summed E-state index contributed by atoms with van der Waals surface area (Å²) in [6, 6.07) is 1.78. The first kappa shape index (κ1) is 10.1. The van der Waals surface area contributed by atoms with Gasteiger partial charge >= 0.3 is 0 Å². The molecule has 1 aliphatic heterocycles. The summed E-state index contributed by atoms with van der Waals surface area (Å²) in [5.74, 6) is 5.95. The molecule has 1 aliphatic rings. The van der Waals surface area contributed by atoms with E-state index in [2.05, 4.69) is 22.1 Å². The molecule has 16 heavy (non-hydrogen) atoms. The summed E-state index contributed by atoms with van der Waals surface area (Å²) in [5.41, 5.74) is 14.2. The fourth-order valence-electron chi connectivity index (χ4n) is 1.30. The molecule has 2 heterocycles. The zero-order valence-electron chi connectivity index (χ0n) is 8.70. The number of nitrogens with zero attached hydrogens (tertiary/aromatic N) is 1. The van der Waals surface area contributed by atoms with Crippen LogP contribution in [0.4, 0.5) is 5.69 Å². The van der Waals surface area contributed by atoms with Crippen LogP contribution < -0.4 is 16.8 Å². The normalized spacial score (nSPS) is 14.0. The summed E-state index contributed by atoms with van der Waals surface area (Å²) < 4.78 is 0. The average Bonchev–Trinajstić information content (AvgIpc) is 2.27. The van der Waals surface area contributed by atoms with Gasteiger partial charge in [0.25, 0.3) is 0 Å². The Morgan fingerprint density at radius 3 is 2.88 bits per heavy atom. The van der Waals surface area contributed by atoms with E-state index in [4.69, 9.17) is 11.5 Å². The van der Waals surface area contributed by atoms with Crippen LogP contribution in [0, 0.1) is 11.8 Å². The Hall–Kier alpha value is -2.41. The largest absolute Gasteiger partial charge is 0.399 e. The van der Waals surface area contributed by atoms with Crippen LogP contribution in [0.3, 0.4) is 0 Å². The molecule has 2 rings (SSSR count). The highest BCUT2D eigenvalue weighted by molar-refractivity contribution is 5.47. The first-order valence-electron chi connectivity index (χ1n) is 4.88. The summed E-state index contributed by atoms with van der Waals surface area (Å²) in [4.78, 5) is 3.96. The maximum atomic E-state index is 5.66. The molecule has 0 aliphatic carbocycles. The Morgan fingerprint density at radius 2 is 2.12 bits per heavy atom. The third-order valence-corrected chi connectivity index (χ3v) is 2.04. The second-order valence-corrected chi connectivity index (χ2v) is 3.40. The van der Waals surface area contributed by atoms with Gasteiger partial charge in [-0.2, -0.15) is 0 Å². The molecule has 0 amide bonds. The van der Waals surface area contributed by atoms with Crippen LogP contribution in [-0.2, 0) is 0 Å². The van der Waals surface area contributed by atoms with Crippen LogP contribution >= 0.6 is 0 Å². The summed E-state index contributed by atoms with van der Waals surface area (Å²) >= 11 is 0. The second-order valence-electron chi connectivity index (χ2n) is 3.40. The van der Waals surface area contributed by atoms with Crippen molar-refractivity contribution in [2.24, 2.45) is 5.73 Å². The third-order valence-electron chi connectivity index (χ3n) is 2.04. The van der Waals surface area contributed by atoms with Gasteiger partial charge in [-0.25, -0.2) is 0 Å². The van der Waals surface area contributed by atoms with E-state index in [-0.39, 0.29) is 0 Å². The third kappa shape index (κ3) is 2.55. The maximum Gasteiger partial charge on any atom is 0.0880 e. The Morgan fingerprint density at radius 1 is 1.25 bits per heavy atom. The van der Waals surface area contributed by atoms with E-state index >= 15 is 0 Å². The molecule has 4 heteroatoms. The number of allylic oxidation sites excluding steroid dienone is 2. The summed E-state index contributed by atoms with van der Waals surface area (Å²) in [5, 5.41) is 3.11. The highest BCUT2D eigenvalue weighted by Gasteiger charge is 1.97. The number of hydrogen-bond acceptors (Lipinski definition) is 4. The molecule has 0 unspecified atom stereocenters. The fourth-order valence-corrected chi connectivity index (χ4v) is 1.30. The van der Waals surface area contributed by atoms with Gasteiger partial charge < -0.3 is 16.8 Å². The molecule has 1 aromatic rings. The van der Waals surface area contributed by atoms with Crippen molar-refractivity contribution in [2.75, 3.05) is 12.3 Å². The van der Waals surface area contributed by atoms with Crippen molar-refractivity contribution in [3.05, 3.63) is 47.6 Å². The van der Waals surface area contributed by atoms with Gasteiger partial charge in [0.1, 0.15) is 0 Å². The standard InChI is InChI=1S/C12H12N4/c13-10-3-4-16-12(6-10)2-1-9-5-11(14)8-15-7-9/h3,5-8,16H,4,13-14H2. The molecule has 0 saturated carbocycles. The lowest BCUT2D eigenvalue weighted by Gasteiger charge is -2.08. The lowest BCUT2D eigenvalue weighted by atomic mass is 10.2. The van der Waals surface area contributed by atoms with Crippen LogP contribution in [0.15, 0.2) is 42.0 Å². The van der Waals surface area contributed by atoms with Crippen molar-refractivity contribution < 1.29 is 0 Å². The quantitative estimate of drug-likeness (QED) is 0.542. The molecule has 80 valence electrons. The van der Waals surface area contributed by atoms with Crippen LogP contribution in [-0.4, -0.2) is 11.5 Å². The number of rotatable bonds is 0. The van der Waals surface area contributed by atoms with Gasteiger partial charge in [0.05, 0.1) is 11.4 Å². The smallest absolute Gasteiger partial charge is 0.0880 e. The number of hydrogen-bond donors (Lipinski definition) is 3. The molecule has 0 aromatic carbocycles. The Kier molecular flexibility index (Phi) is 2.79. The first-order valence-corrected chi connectivity index (χ1v) is 4.88. The Labute approximate surface area is 94.0 Å². The molecule has 0 bridgehead atoms. The van der Waals surface area contributed by atoms with Gasteiger partial charge in [0.2, 0.25) is 0 Å². The van der Waals surface area contributed by atoms with E-state index in [1.54, 1.807) is 24.5 Å². The van der Waals surface area contributed by atoms with Crippen molar-refractivity contribution in [1.82, 2.24) is 10.3 Å². The zero-order chi connectivity index (χ0) is 11.4. The number of dihydropyridines is 1. The monoisotopic (exact) mass is 212 g/mol. The zero-order valence-corrected chi connectivity index (χ0v) is 8.70. The number of nitrogens with one attached hydrogen (secondary N) is 1. The van der Waals surface area contributed by atoms with Gasteiger partial charge in [-0.15, -0.1) is 0 Å². The minimum Gasteiger partial charge on any atom is -0.399 e. The molecular formula is C12H12N4. The number of nitrogens with two attached hydrogens (primary N) is 2. The second kappa shape index (κ2) is 4.41. The Bertz CT molecular complexity index is 517. The number of aromatic nitrogens is 1. The molecule has 0 spiro atoms. The van der Waals surface area contributed by atoms with Crippen molar-refractivity contribution in [3.63, 3.8) is 0 Å². The first-order chi connectivity index (χ1) is 7.74. The SMILES string of the molecule is NC1=CCNC(C#Cc2cncc(N)c2)=C1. The predicted molar refractivity (Wildman–Crippen MR) is 63.9 cm³/mol. The molecule has 0 fully saturated rings. The van der Waals surface area contributed by atoms with Gasteiger partial charge in [-0.1, -0.05) is 5.92 Å². The average molecular weight is 212 g/mol. The number of anilines is 1. The van der Waals surface area contributed by atoms with E-state index < -0.39 is 0 Å². The van der Waals surface area contributed by atoms with E-state index in [9.17, 15) is 0 Å². The molecule has 4 nitrogen and oxygen atoms in total. The van der Waals surface area contributed by atoms with Crippen molar-refractivity contribution in [2.45, 2.75) is 0 Å². The lowest BCUT2D eigenvalue weighted by Crippen LogP contribution is -2.18. The van der Waals surface area contributed by atoms with E-state index in [1.165, 1.54) is 0 Å². The van der Waals surface area contributed by atoms with E-state index in [1.807, 2.05) is 6.08 Å². The topological polar surface area (TPSA) is 77.0 Å². The summed E-state index contributed by atoms with van der Waals surface area (Å²) in [7, 11) is 0. The fraction of sp³-hybridized carbons (Fsp3) is 0.0833. The number of nitrogen functional groups attached to an aromatic ring is 1. The molecule has 0 saturated heterocycles. The highest BCUT2D eigenvalue weighted by atomic mass is 14.9. The Balaban J connectivity index is 2.19. The van der Waals surface area contributed by atoms with Crippen LogP contribution in [0.1, 0.15) is 5.56 Å². The highest BCUT2D eigenvalue weighted by Crippen LogP contribution is 2.03. The summed E-state index contributed by atoms with van der Waals surface area (Å²) in [6.45, 7) is 0.710. The lowest BCUT2D eigenvalue weighted by molar-refractivity contribution is 0.914. The molecular weight excluding hydrogens is 200 g/mol. The van der Waals surface area contributed by atoms with Gasteiger partial charge in [-0.05, 0) is 24.1 Å². The van der Waals surface area contributed by atoms with E-state index in [0.717, 1.165) is 17.0 Å². The maximum absolute atomic E-state index is 5.66. The van der Waals surface area contributed by atoms with Crippen molar-refractivity contribution in [3.8, 4) is 11.8 Å². The van der Waals surface area contributed by atoms with Crippen LogP contribution in [0.2, 0.25) is 0 Å². The van der Waals surface area contributed by atoms with Gasteiger partial charge in [0.15, 0.2) is 0 Å². The van der Waals surface area contributed by atoms with Gasteiger partial charge in [0, 0.05) is 30.2 Å². The molecule has 5 N–H and O–H groups in total. The molecule has 1 aromatic heterocycles. The predicted octanol–water partition coefficient (Wildman–Crippen LogP) is 0.345. The van der Waals surface area contributed by atoms with Crippen LogP contribution in [0.25, 0.3) is 0 Å². The minimum atomic E-state index is 0.608. The van der Waals surface area contributed by atoms with Crippen LogP contribution in [0.5, 0.6) is 0 Å². The molecule has 0 radical (unpaired) electrons. The van der Waals surface area contributed by atoms with Gasteiger partial charge in [-0.3, -0.25) is 4.98 Å². The summed E-state index contributed by atoms with van der Waals surface area (Å²) in [6.07, 6.45) is 6.96. The van der Waals surface area contributed by atoms with Crippen molar-refractivity contribution >= 4 is 5.69 Å². The van der Waals surface area contributed by atoms with E-state index in [0.29, 0.717) is 12.2 Å². The number of pyridine rings is 1. The molecule has 0 atom stereocenters.